The minimum Gasteiger partial charge on any atom is -0.324 e. The second-order valence-corrected chi connectivity index (χ2v) is 6.15. The van der Waals surface area contributed by atoms with Crippen LogP contribution in [0.25, 0.3) is 0 Å². The van der Waals surface area contributed by atoms with Crippen molar-refractivity contribution in [3.63, 3.8) is 0 Å². The number of hydrogen-bond donors (Lipinski definition) is 1. The van der Waals surface area contributed by atoms with Crippen molar-refractivity contribution in [3.8, 4) is 0 Å². The van der Waals surface area contributed by atoms with Gasteiger partial charge in [-0.2, -0.15) is 0 Å². The van der Waals surface area contributed by atoms with E-state index in [-0.39, 0.29) is 5.66 Å². The van der Waals surface area contributed by atoms with Gasteiger partial charge in [-0.3, -0.25) is 4.57 Å². The van der Waals surface area contributed by atoms with Crippen molar-refractivity contribution in [2.75, 3.05) is 7.11 Å². The minimum absolute atomic E-state index is 0.0544. The third kappa shape index (κ3) is 1.24. The number of hydrogen-bond acceptors (Lipinski definition) is 2. The third-order valence-electron chi connectivity index (χ3n) is 3.38. The van der Waals surface area contributed by atoms with E-state index in [0.717, 1.165) is 19.3 Å². The molecule has 0 aliphatic heterocycles. The molecule has 0 aromatic heterocycles. The molecule has 70 valence electrons. The molecule has 0 amide bonds. The molecule has 2 fully saturated rings. The summed E-state index contributed by atoms with van der Waals surface area (Å²) in [5.74, 6) is 1.17. The Morgan fingerprint density at radius 3 is 2.58 bits per heavy atom. The van der Waals surface area contributed by atoms with Gasteiger partial charge in [0.1, 0.15) is 0 Å². The molecule has 1 N–H and O–H groups in total. The average molecular weight is 190 g/mol. The Balaban J connectivity index is 2.12. The highest BCUT2D eigenvalue weighted by Gasteiger charge is 2.48. The topological polar surface area (TPSA) is 46.5 Å². The van der Waals surface area contributed by atoms with Crippen molar-refractivity contribution in [1.29, 1.82) is 0 Å². The lowest BCUT2D eigenvalue weighted by atomic mass is 10.0. The molecule has 2 aliphatic rings. The van der Waals surface area contributed by atoms with Crippen LogP contribution in [0.2, 0.25) is 0 Å². The Morgan fingerprint density at radius 2 is 2.17 bits per heavy atom. The minimum atomic E-state index is -3.26. The largest absolute Gasteiger partial charge is 0.331 e. The van der Waals surface area contributed by atoms with Crippen molar-refractivity contribution in [3.05, 3.63) is 0 Å². The Hall–Kier alpha value is 0.150. The average Bonchev–Trinajstić information content (AvgIpc) is 2.64. The molecule has 0 saturated heterocycles. The molecule has 0 aromatic rings. The fraction of sp³-hybridized carbons (Fsp3) is 1.00. The lowest BCUT2D eigenvalue weighted by Gasteiger charge is -2.24. The molecule has 1 unspecified atom stereocenters. The van der Waals surface area contributed by atoms with Crippen LogP contribution in [0.5, 0.6) is 0 Å². The van der Waals surface area contributed by atoms with Crippen molar-refractivity contribution in [1.82, 2.24) is 0 Å². The van der Waals surface area contributed by atoms with E-state index >= 15 is 0 Å². The second kappa shape index (κ2) is 2.83. The number of rotatable bonds is 2. The molecule has 0 spiro atoms. The molecule has 3 nitrogen and oxygen atoms in total. The van der Waals surface area contributed by atoms with E-state index in [1.54, 1.807) is 0 Å². The van der Waals surface area contributed by atoms with E-state index in [2.05, 4.69) is 4.52 Å². The summed E-state index contributed by atoms with van der Waals surface area (Å²) in [6.07, 6.45) is 4.44. The first-order valence-corrected chi connectivity index (χ1v) is 6.16. The monoisotopic (exact) mass is 190 g/mol. The lowest BCUT2D eigenvalue weighted by molar-refractivity contribution is 0.286. The van der Waals surface area contributed by atoms with Crippen molar-refractivity contribution in [2.45, 2.75) is 31.3 Å². The van der Waals surface area contributed by atoms with Crippen LogP contribution in [0.4, 0.5) is 0 Å². The predicted molar refractivity (Wildman–Crippen MR) is 46.1 cm³/mol. The van der Waals surface area contributed by atoms with Crippen molar-refractivity contribution >= 4 is 7.60 Å². The zero-order chi connectivity index (χ0) is 8.77. The highest BCUT2D eigenvalue weighted by molar-refractivity contribution is 7.53. The van der Waals surface area contributed by atoms with E-state index in [4.69, 9.17) is 0 Å². The summed E-state index contributed by atoms with van der Waals surface area (Å²) in [5.41, 5.74) is -0.0544. The van der Waals surface area contributed by atoms with Crippen LogP contribution in [-0.4, -0.2) is 17.7 Å². The first-order chi connectivity index (χ1) is 5.63. The van der Waals surface area contributed by atoms with E-state index < -0.39 is 7.60 Å². The summed E-state index contributed by atoms with van der Waals surface area (Å²) in [6.45, 7) is 0. The Labute approximate surface area is 72.7 Å². The van der Waals surface area contributed by atoms with E-state index in [9.17, 15) is 9.46 Å². The molecule has 4 heteroatoms. The normalized spacial score (nSPS) is 44.7. The van der Waals surface area contributed by atoms with Gasteiger partial charge in [0.2, 0.25) is 0 Å². The molecule has 2 saturated carbocycles. The molecular formula is C8H15O3P. The second-order valence-electron chi connectivity index (χ2n) is 3.99. The van der Waals surface area contributed by atoms with Gasteiger partial charge in [0.05, 0.1) is 5.66 Å². The van der Waals surface area contributed by atoms with Gasteiger partial charge >= 0.3 is 7.60 Å². The van der Waals surface area contributed by atoms with Gasteiger partial charge in [-0.05, 0) is 31.1 Å². The van der Waals surface area contributed by atoms with E-state index in [0.29, 0.717) is 11.8 Å². The molecule has 2 aliphatic carbocycles. The molecule has 2 bridgehead atoms. The van der Waals surface area contributed by atoms with Crippen LogP contribution in [0.3, 0.4) is 0 Å². The first kappa shape index (κ1) is 8.74. The summed E-state index contributed by atoms with van der Waals surface area (Å²) < 4.78 is 16.2. The van der Waals surface area contributed by atoms with Crippen LogP contribution in [0.1, 0.15) is 25.7 Å². The Morgan fingerprint density at radius 1 is 1.42 bits per heavy atom. The lowest BCUT2D eigenvalue weighted by Crippen LogP contribution is -2.17. The van der Waals surface area contributed by atoms with Crippen LogP contribution >= 0.6 is 7.60 Å². The quantitative estimate of drug-likeness (QED) is 0.677. The first-order valence-electron chi connectivity index (χ1n) is 4.51. The highest BCUT2D eigenvalue weighted by atomic mass is 31.2. The zero-order valence-corrected chi connectivity index (χ0v) is 8.17. The van der Waals surface area contributed by atoms with Crippen molar-refractivity contribution < 1.29 is 14.0 Å². The number of fused-ring (bicyclic) bond motifs is 2. The SMILES string of the molecule is COP(=O)(O)[C@@H]1C[C@H]2CC[C@@H]1C2. The molecule has 4 atom stereocenters. The van der Waals surface area contributed by atoms with Gasteiger partial charge in [0.25, 0.3) is 0 Å². The molecule has 0 radical (unpaired) electrons. The van der Waals surface area contributed by atoms with Crippen LogP contribution < -0.4 is 0 Å². The van der Waals surface area contributed by atoms with Crippen LogP contribution in [0, 0.1) is 11.8 Å². The third-order valence-corrected chi connectivity index (χ3v) is 5.38. The Bertz CT molecular complexity index is 228. The fourth-order valence-electron chi connectivity index (χ4n) is 2.75. The maximum Gasteiger partial charge on any atom is 0.331 e. The smallest absolute Gasteiger partial charge is 0.324 e. The van der Waals surface area contributed by atoms with E-state index in [1.165, 1.54) is 13.5 Å². The summed E-state index contributed by atoms with van der Waals surface area (Å²) in [5, 5.41) is 0. The highest BCUT2D eigenvalue weighted by Crippen LogP contribution is 2.61. The van der Waals surface area contributed by atoms with Crippen molar-refractivity contribution in [2.24, 2.45) is 11.8 Å². The van der Waals surface area contributed by atoms with E-state index in [1.807, 2.05) is 0 Å². The molecule has 0 heterocycles. The standard InChI is InChI=1S/C8H15O3P/c1-11-12(9,10)8-5-6-2-3-7(8)4-6/h6-8H,2-5H2,1H3,(H,9,10)/t6-,7+,8+/m0/s1. The van der Waals surface area contributed by atoms with Gasteiger partial charge in [-0.25, -0.2) is 0 Å². The van der Waals surface area contributed by atoms with Gasteiger partial charge in [0.15, 0.2) is 0 Å². The zero-order valence-electron chi connectivity index (χ0n) is 7.27. The fourth-order valence-corrected chi connectivity index (χ4v) is 4.39. The summed E-state index contributed by atoms with van der Waals surface area (Å²) in [7, 11) is -1.92. The molecule has 12 heavy (non-hydrogen) atoms. The summed E-state index contributed by atoms with van der Waals surface area (Å²) in [6, 6.07) is 0. The predicted octanol–water partition coefficient (Wildman–Crippen LogP) is 2.01. The van der Waals surface area contributed by atoms with Crippen LogP contribution in [-0.2, 0) is 9.09 Å². The van der Waals surface area contributed by atoms with Gasteiger partial charge in [-0.15, -0.1) is 0 Å². The summed E-state index contributed by atoms with van der Waals surface area (Å²) >= 11 is 0. The van der Waals surface area contributed by atoms with Gasteiger partial charge in [-0.1, -0.05) is 6.42 Å². The van der Waals surface area contributed by atoms with Gasteiger partial charge < -0.3 is 9.42 Å². The maximum atomic E-state index is 11.5. The van der Waals surface area contributed by atoms with Crippen LogP contribution in [0.15, 0.2) is 0 Å². The molecule has 0 aromatic carbocycles. The Kier molecular flexibility index (Phi) is 2.06. The van der Waals surface area contributed by atoms with Gasteiger partial charge in [0, 0.05) is 7.11 Å². The molecule has 2 rings (SSSR count). The summed E-state index contributed by atoms with van der Waals surface area (Å²) in [4.78, 5) is 9.48. The molecular weight excluding hydrogens is 175 g/mol. The maximum absolute atomic E-state index is 11.5.